The lowest BCUT2D eigenvalue weighted by Crippen LogP contribution is -2.46. The first kappa shape index (κ1) is 16.8. The molecular formula is C17H19F2NO4. The highest BCUT2D eigenvalue weighted by Gasteiger charge is 2.47. The van der Waals surface area contributed by atoms with Crippen molar-refractivity contribution in [1.82, 2.24) is 4.90 Å². The van der Waals surface area contributed by atoms with Crippen LogP contribution in [0.1, 0.15) is 30.7 Å². The molecule has 7 heteroatoms. The molecule has 5 nitrogen and oxygen atoms in total. The summed E-state index contributed by atoms with van der Waals surface area (Å²) in [6.07, 6.45) is 1.76. The highest BCUT2D eigenvalue weighted by molar-refractivity contribution is 5.86. The van der Waals surface area contributed by atoms with E-state index >= 15 is 0 Å². The third-order valence-corrected chi connectivity index (χ3v) is 4.70. The maximum Gasteiger partial charge on any atom is 0.323 e. The predicted molar refractivity (Wildman–Crippen MR) is 80.4 cm³/mol. The number of amides is 1. The van der Waals surface area contributed by atoms with Crippen LogP contribution in [0.4, 0.5) is 8.78 Å². The minimum Gasteiger partial charge on any atom is -0.480 e. The van der Waals surface area contributed by atoms with Gasteiger partial charge in [-0.2, -0.15) is 0 Å². The number of carboxylic acids is 1. The highest BCUT2D eigenvalue weighted by Crippen LogP contribution is 2.49. The molecule has 0 bridgehead atoms. The number of hydrogen-bond donors (Lipinski definition) is 1. The van der Waals surface area contributed by atoms with Crippen molar-refractivity contribution >= 4 is 11.9 Å². The Morgan fingerprint density at radius 3 is 2.54 bits per heavy atom. The quantitative estimate of drug-likeness (QED) is 0.893. The van der Waals surface area contributed by atoms with Gasteiger partial charge in [0.1, 0.15) is 6.54 Å². The molecular weight excluding hydrogens is 320 g/mol. The smallest absolute Gasteiger partial charge is 0.323 e. The van der Waals surface area contributed by atoms with Crippen molar-refractivity contribution in [2.24, 2.45) is 5.92 Å². The van der Waals surface area contributed by atoms with Gasteiger partial charge in [-0.05, 0) is 42.9 Å². The van der Waals surface area contributed by atoms with Crippen LogP contribution < -0.4 is 0 Å². The molecule has 1 aliphatic heterocycles. The monoisotopic (exact) mass is 339 g/mol. The van der Waals surface area contributed by atoms with Crippen LogP contribution in [0.5, 0.6) is 0 Å². The third kappa shape index (κ3) is 3.56. The number of carbonyl (C=O) groups is 2. The molecule has 2 aliphatic rings. The molecule has 0 spiro atoms. The molecule has 130 valence electrons. The lowest BCUT2D eigenvalue weighted by atomic mass is 10.0. The molecule has 1 aromatic carbocycles. The van der Waals surface area contributed by atoms with Gasteiger partial charge in [0.15, 0.2) is 11.6 Å². The van der Waals surface area contributed by atoms with E-state index in [0.717, 1.165) is 12.1 Å². The van der Waals surface area contributed by atoms with Gasteiger partial charge in [0.2, 0.25) is 5.91 Å². The maximum absolute atomic E-state index is 13.4. The molecule has 2 atom stereocenters. The second-order valence-electron chi connectivity index (χ2n) is 6.33. The number of carbonyl (C=O) groups excluding carboxylic acids is 1. The molecule has 1 heterocycles. The van der Waals surface area contributed by atoms with E-state index in [2.05, 4.69) is 0 Å². The normalized spacial score (nSPS) is 23.8. The van der Waals surface area contributed by atoms with Crippen molar-refractivity contribution in [2.45, 2.75) is 31.2 Å². The van der Waals surface area contributed by atoms with E-state index in [9.17, 15) is 18.4 Å². The molecule has 1 N–H and O–H groups in total. The van der Waals surface area contributed by atoms with Gasteiger partial charge in [-0.1, -0.05) is 6.07 Å². The summed E-state index contributed by atoms with van der Waals surface area (Å²) < 4.78 is 31.6. The molecule has 1 amide bonds. The minimum atomic E-state index is -1.06. The standard InChI is InChI=1S/C17H19F2NO4/c18-14-2-1-10(7-15(14)19)12-8-13(12)17(23)20(9-16(21)22)11-3-5-24-6-4-11/h1-2,7,11-13H,3-6,8-9H2,(H,21,22)/t12-,13-/m0/s1. The van der Waals surface area contributed by atoms with Crippen molar-refractivity contribution in [1.29, 1.82) is 0 Å². The number of halogens is 2. The zero-order valence-electron chi connectivity index (χ0n) is 13.1. The summed E-state index contributed by atoms with van der Waals surface area (Å²) in [6, 6.07) is 3.50. The van der Waals surface area contributed by atoms with Crippen LogP contribution in [0.25, 0.3) is 0 Å². The second-order valence-corrected chi connectivity index (χ2v) is 6.33. The van der Waals surface area contributed by atoms with E-state index < -0.39 is 17.6 Å². The van der Waals surface area contributed by atoms with Crippen molar-refractivity contribution < 1.29 is 28.2 Å². The molecule has 0 unspecified atom stereocenters. The summed E-state index contributed by atoms with van der Waals surface area (Å²) >= 11 is 0. The number of benzene rings is 1. The van der Waals surface area contributed by atoms with E-state index in [-0.39, 0.29) is 30.3 Å². The molecule has 0 aromatic heterocycles. The summed E-state index contributed by atoms with van der Waals surface area (Å²) in [6.45, 7) is 0.668. The fraction of sp³-hybridized carbons (Fsp3) is 0.529. The number of rotatable bonds is 5. The van der Waals surface area contributed by atoms with Gasteiger partial charge in [0.05, 0.1) is 0 Å². The Bertz CT molecular complexity index is 645. The Morgan fingerprint density at radius 2 is 1.92 bits per heavy atom. The lowest BCUT2D eigenvalue weighted by molar-refractivity contribution is -0.148. The molecule has 1 aliphatic carbocycles. The summed E-state index contributed by atoms with van der Waals surface area (Å²) in [5, 5.41) is 9.10. The van der Waals surface area contributed by atoms with Crippen LogP contribution in [-0.2, 0) is 14.3 Å². The van der Waals surface area contributed by atoms with Crippen LogP contribution in [0.3, 0.4) is 0 Å². The van der Waals surface area contributed by atoms with Gasteiger partial charge in [-0.25, -0.2) is 8.78 Å². The fourth-order valence-corrected chi connectivity index (χ4v) is 3.32. The van der Waals surface area contributed by atoms with Gasteiger partial charge in [0.25, 0.3) is 0 Å². The highest BCUT2D eigenvalue weighted by atomic mass is 19.2. The Labute approximate surface area is 138 Å². The number of nitrogens with zero attached hydrogens (tertiary/aromatic N) is 1. The molecule has 1 aromatic rings. The Morgan fingerprint density at radius 1 is 1.21 bits per heavy atom. The number of aliphatic carboxylic acids is 1. The first-order valence-corrected chi connectivity index (χ1v) is 8.02. The van der Waals surface area contributed by atoms with Crippen LogP contribution >= 0.6 is 0 Å². The van der Waals surface area contributed by atoms with E-state index in [4.69, 9.17) is 9.84 Å². The van der Waals surface area contributed by atoms with Gasteiger partial charge >= 0.3 is 5.97 Å². The SMILES string of the molecule is O=C(O)CN(C(=O)[C@H]1C[C@H]1c1ccc(F)c(F)c1)C1CCOCC1. The van der Waals surface area contributed by atoms with E-state index in [1.165, 1.54) is 11.0 Å². The summed E-state index contributed by atoms with van der Waals surface area (Å²) in [5.74, 6) is -3.67. The van der Waals surface area contributed by atoms with Crippen LogP contribution in [-0.4, -0.2) is 47.7 Å². The average Bonchev–Trinajstić information content (AvgIpc) is 3.36. The number of hydrogen-bond acceptors (Lipinski definition) is 3. The van der Waals surface area contributed by atoms with E-state index in [1.807, 2.05) is 0 Å². The van der Waals surface area contributed by atoms with E-state index in [0.29, 0.717) is 38.0 Å². The van der Waals surface area contributed by atoms with Crippen molar-refractivity contribution in [3.8, 4) is 0 Å². The summed E-state index contributed by atoms with van der Waals surface area (Å²) in [5.41, 5.74) is 0.578. The van der Waals surface area contributed by atoms with E-state index in [1.54, 1.807) is 0 Å². The molecule has 1 saturated carbocycles. The topological polar surface area (TPSA) is 66.8 Å². The third-order valence-electron chi connectivity index (χ3n) is 4.70. The van der Waals surface area contributed by atoms with Crippen molar-refractivity contribution in [3.63, 3.8) is 0 Å². The second kappa shape index (κ2) is 6.84. The van der Waals surface area contributed by atoms with Crippen LogP contribution in [0, 0.1) is 17.6 Å². The summed E-state index contributed by atoms with van der Waals surface area (Å²) in [7, 11) is 0. The molecule has 2 fully saturated rings. The van der Waals surface area contributed by atoms with Gasteiger partial charge < -0.3 is 14.7 Å². The first-order chi connectivity index (χ1) is 11.5. The number of carboxylic acid groups (broad SMARTS) is 1. The average molecular weight is 339 g/mol. The molecule has 3 rings (SSSR count). The van der Waals surface area contributed by atoms with Crippen molar-refractivity contribution in [3.05, 3.63) is 35.4 Å². The molecule has 0 radical (unpaired) electrons. The molecule has 1 saturated heterocycles. The zero-order chi connectivity index (χ0) is 17.3. The van der Waals surface area contributed by atoms with Gasteiger partial charge in [-0.15, -0.1) is 0 Å². The Hall–Kier alpha value is -2.02. The maximum atomic E-state index is 13.4. The molecule has 24 heavy (non-hydrogen) atoms. The minimum absolute atomic E-state index is 0.145. The Balaban J connectivity index is 1.71. The predicted octanol–water partition coefficient (Wildman–Crippen LogP) is 2.16. The van der Waals surface area contributed by atoms with Gasteiger partial charge in [-0.3, -0.25) is 9.59 Å². The zero-order valence-corrected chi connectivity index (χ0v) is 13.1. The number of ether oxygens (including phenoxy) is 1. The fourth-order valence-electron chi connectivity index (χ4n) is 3.32. The van der Waals surface area contributed by atoms with Crippen LogP contribution in [0.15, 0.2) is 18.2 Å². The largest absolute Gasteiger partial charge is 0.480 e. The summed E-state index contributed by atoms with van der Waals surface area (Å²) in [4.78, 5) is 25.3. The van der Waals surface area contributed by atoms with Crippen LogP contribution in [0.2, 0.25) is 0 Å². The Kier molecular flexibility index (Phi) is 4.80. The first-order valence-electron chi connectivity index (χ1n) is 8.02. The van der Waals surface area contributed by atoms with Crippen molar-refractivity contribution in [2.75, 3.05) is 19.8 Å². The lowest BCUT2D eigenvalue weighted by Gasteiger charge is -2.33. The van der Waals surface area contributed by atoms with Gasteiger partial charge in [0, 0.05) is 25.2 Å².